The zero-order valence-electron chi connectivity index (χ0n) is 9.29. The average molecular weight is 255 g/mol. The number of thioether (sulfide) groups is 1. The van der Waals surface area contributed by atoms with E-state index in [4.69, 9.17) is 5.11 Å². The van der Waals surface area contributed by atoms with Crippen molar-refractivity contribution >= 4 is 23.6 Å². The maximum absolute atomic E-state index is 10.8. The summed E-state index contributed by atoms with van der Waals surface area (Å²) in [6.45, 7) is 1.29. The first kappa shape index (κ1) is 13.4. The Morgan fingerprint density at radius 2 is 2.29 bits per heavy atom. The molecule has 1 heterocycles. The Hall–Kier alpha value is -1.63. The monoisotopic (exact) mass is 255 g/mol. The maximum atomic E-state index is 10.8. The standard InChI is InChI=1S/C10H13N3O3S/c1-7(14)13-9(10(15)16)6-17-5-8-4-11-2-3-12-8/h2-4,9H,5-6H2,1H3,(H,13,14)(H,15,16)/t9-/m0/s1. The molecule has 17 heavy (non-hydrogen) atoms. The van der Waals surface area contributed by atoms with Gasteiger partial charge in [0.15, 0.2) is 0 Å². The van der Waals surface area contributed by atoms with Gasteiger partial charge >= 0.3 is 5.97 Å². The zero-order valence-corrected chi connectivity index (χ0v) is 10.1. The average Bonchev–Trinajstić information content (AvgIpc) is 2.28. The topological polar surface area (TPSA) is 92.2 Å². The van der Waals surface area contributed by atoms with Gasteiger partial charge in [0.1, 0.15) is 6.04 Å². The van der Waals surface area contributed by atoms with Gasteiger partial charge in [-0.25, -0.2) is 4.79 Å². The van der Waals surface area contributed by atoms with Crippen LogP contribution in [0, 0.1) is 0 Å². The molecule has 0 aliphatic heterocycles. The van der Waals surface area contributed by atoms with Crippen LogP contribution in [0.25, 0.3) is 0 Å². The van der Waals surface area contributed by atoms with Crippen LogP contribution in [0.1, 0.15) is 12.6 Å². The molecule has 1 rings (SSSR count). The number of nitrogens with one attached hydrogen (secondary N) is 1. The summed E-state index contributed by atoms with van der Waals surface area (Å²) in [5.41, 5.74) is 0.782. The summed E-state index contributed by atoms with van der Waals surface area (Å²) in [6.07, 6.45) is 4.78. The number of hydrogen-bond acceptors (Lipinski definition) is 5. The number of rotatable bonds is 6. The van der Waals surface area contributed by atoms with E-state index < -0.39 is 12.0 Å². The van der Waals surface area contributed by atoms with Gasteiger partial charge in [-0.2, -0.15) is 11.8 Å². The van der Waals surface area contributed by atoms with Crippen LogP contribution in [0.5, 0.6) is 0 Å². The number of aromatic nitrogens is 2. The van der Waals surface area contributed by atoms with Crippen molar-refractivity contribution in [2.24, 2.45) is 0 Å². The molecule has 1 amide bonds. The Morgan fingerprint density at radius 3 is 2.82 bits per heavy atom. The summed E-state index contributed by atoms with van der Waals surface area (Å²) in [6, 6.07) is -0.867. The quantitative estimate of drug-likeness (QED) is 0.759. The Balaban J connectivity index is 2.37. The highest BCUT2D eigenvalue weighted by atomic mass is 32.2. The van der Waals surface area contributed by atoms with Crippen LogP contribution < -0.4 is 5.32 Å². The van der Waals surface area contributed by atoms with Crippen LogP contribution in [0.2, 0.25) is 0 Å². The van der Waals surface area contributed by atoms with E-state index in [0.717, 1.165) is 5.69 Å². The highest BCUT2D eigenvalue weighted by Gasteiger charge is 2.17. The molecular formula is C10H13N3O3S. The summed E-state index contributed by atoms with van der Waals surface area (Å²) < 4.78 is 0. The molecule has 2 N–H and O–H groups in total. The lowest BCUT2D eigenvalue weighted by molar-refractivity contribution is -0.140. The lowest BCUT2D eigenvalue weighted by Gasteiger charge is -2.12. The third-order valence-corrected chi connectivity index (χ3v) is 2.90. The van der Waals surface area contributed by atoms with Gasteiger partial charge in [0.2, 0.25) is 5.91 Å². The summed E-state index contributed by atoms with van der Waals surface area (Å²) in [7, 11) is 0. The lowest BCUT2D eigenvalue weighted by Crippen LogP contribution is -2.41. The molecule has 0 radical (unpaired) electrons. The lowest BCUT2D eigenvalue weighted by atomic mass is 10.3. The third-order valence-electron chi connectivity index (χ3n) is 1.83. The van der Waals surface area contributed by atoms with Crippen molar-refractivity contribution in [1.82, 2.24) is 15.3 Å². The first-order chi connectivity index (χ1) is 8.09. The second-order valence-corrected chi connectivity index (χ2v) is 4.33. The Bertz CT molecular complexity index is 386. The van der Waals surface area contributed by atoms with E-state index >= 15 is 0 Å². The van der Waals surface area contributed by atoms with Crippen LogP contribution in [-0.4, -0.2) is 38.7 Å². The number of amides is 1. The molecule has 6 nitrogen and oxygen atoms in total. The fourth-order valence-electron chi connectivity index (χ4n) is 1.11. The fraction of sp³-hybridized carbons (Fsp3) is 0.400. The van der Waals surface area contributed by atoms with Gasteiger partial charge in [0.25, 0.3) is 0 Å². The molecule has 0 saturated heterocycles. The van der Waals surface area contributed by atoms with Gasteiger partial charge in [-0.3, -0.25) is 14.8 Å². The molecule has 0 unspecified atom stereocenters. The number of carbonyl (C=O) groups excluding carboxylic acids is 1. The summed E-state index contributed by atoms with van der Waals surface area (Å²) in [5.74, 6) is -0.521. The van der Waals surface area contributed by atoms with E-state index in [9.17, 15) is 9.59 Å². The van der Waals surface area contributed by atoms with E-state index in [0.29, 0.717) is 11.5 Å². The molecule has 92 valence electrons. The number of carboxylic acid groups (broad SMARTS) is 1. The third kappa shape index (κ3) is 5.30. The first-order valence-electron chi connectivity index (χ1n) is 4.92. The Kier molecular flexibility index (Phi) is 5.41. The Labute approximate surface area is 103 Å². The van der Waals surface area contributed by atoms with Crippen molar-refractivity contribution in [3.05, 3.63) is 24.3 Å². The van der Waals surface area contributed by atoms with E-state index in [1.165, 1.54) is 18.7 Å². The van der Waals surface area contributed by atoms with Crippen LogP contribution in [0.4, 0.5) is 0 Å². The molecule has 0 bridgehead atoms. The molecule has 0 saturated carbocycles. The summed E-state index contributed by atoms with van der Waals surface area (Å²) in [5, 5.41) is 11.2. The Morgan fingerprint density at radius 1 is 1.53 bits per heavy atom. The molecule has 0 fully saturated rings. The molecule has 1 aromatic heterocycles. The highest BCUT2D eigenvalue weighted by Crippen LogP contribution is 2.10. The SMILES string of the molecule is CC(=O)N[C@@H](CSCc1cnccn1)C(=O)O. The number of carbonyl (C=O) groups is 2. The van der Waals surface area contributed by atoms with Crippen LogP contribution >= 0.6 is 11.8 Å². The molecule has 0 aliphatic rings. The van der Waals surface area contributed by atoms with E-state index in [-0.39, 0.29) is 5.91 Å². The summed E-state index contributed by atoms with van der Waals surface area (Å²) >= 11 is 1.39. The fourth-order valence-corrected chi connectivity index (χ4v) is 2.04. The van der Waals surface area contributed by atoms with E-state index in [1.807, 2.05) is 0 Å². The van der Waals surface area contributed by atoms with Crippen LogP contribution in [0.3, 0.4) is 0 Å². The number of carboxylic acids is 1. The van der Waals surface area contributed by atoms with Crippen LogP contribution in [-0.2, 0) is 15.3 Å². The zero-order chi connectivity index (χ0) is 12.7. The summed E-state index contributed by atoms with van der Waals surface area (Å²) in [4.78, 5) is 29.6. The predicted octanol–water partition coefficient (Wildman–Crippen LogP) is 0.299. The molecular weight excluding hydrogens is 242 g/mol. The van der Waals surface area contributed by atoms with Crippen molar-refractivity contribution in [2.45, 2.75) is 18.7 Å². The number of aliphatic carboxylic acids is 1. The van der Waals surface area contributed by atoms with Crippen molar-refractivity contribution in [2.75, 3.05) is 5.75 Å². The van der Waals surface area contributed by atoms with Gasteiger partial charge in [-0.1, -0.05) is 0 Å². The minimum atomic E-state index is -1.04. The van der Waals surface area contributed by atoms with E-state index in [1.54, 1.807) is 18.6 Å². The number of nitrogens with zero attached hydrogens (tertiary/aromatic N) is 2. The van der Waals surface area contributed by atoms with Crippen molar-refractivity contribution in [3.8, 4) is 0 Å². The molecule has 1 aromatic rings. The van der Waals surface area contributed by atoms with Gasteiger partial charge in [-0.15, -0.1) is 0 Å². The largest absolute Gasteiger partial charge is 0.480 e. The van der Waals surface area contributed by atoms with Crippen LogP contribution in [0.15, 0.2) is 18.6 Å². The van der Waals surface area contributed by atoms with Gasteiger partial charge in [0, 0.05) is 37.0 Å². The van der Waals surface area contributed by atoms with Crippen molar-refractivity contribution < 1.29 is 14.7 Å². The van der Waals surface area contributed by atoms with Gasteiger partial charge in [0.05, 0.1) is 5.69 Å². The smallest absolute Gasteiger partial charge is 0.327 e. The number of hydrogen-bond donors (Lipinski definition) is 2. The minimum absolute atomic E-state index is 0.297. The van der Waals surface area contributed by atoms with Crippen molar-refractivity contribution in [1.29, 1.82) is 0 Å². The second kappa shape index (κ2) is 6.85. The highest BCUT2D eigenvalue weighted by molar-refractivity contribution is 7.98. The predicted molar refractivity (Wildman–Crippen MR) is 63.4 cm³/mol. The van der Waals surface area contributed by atoms with Gasteiger partial charge in [-0.05, 0) is 0 Å². The van der Waals surface area contributed by atoms with Crippen molar-refractivity contribution in [3.63, 3.8) is 0 Å². The maximum Gasteiger partial charge on any atom is 0.327 e. The van der Waals surface area contributed by atoms with Gasteiger partial charge < -0.3 is 10.4 Å². The first-order valence-corrected chi connectivity index (χ1v) is 6.07. The molecule has 0 aliphatic carbocycles. The normalized spacial score (nSPS) is 11.8. The molecule has 0 spiro atoms. The second-order valence-electron chi connectivity index (χ2n) is 3.30. The molecule has 7 heteroatoms. The van der Waals surface area contributed by atoms with E-state index in [2.05, 4.69) is 15.3 Å². The molecule has 1 atom stereocenters. The molecule has 0 aromatic carbocycles. The minimum Gasteiger partial charge on any atom is -0.480 e.